The number of ether oxygens (including phenoxy) is 1. The molecule has 0 unspecified atom stereocenters. The molecule has 0 radical (unpaired) electrons. The van der Waals surface area contributed by atoms with E-state index in [1.165, 1.54) is 22.2 Å². The number of carbonyl (C=O) groups excluding carboxylic acids is 1. The first kappa shape index (κ1) is 18.9. The van der Waals surface area contributed by atoms with E-state index in [0.29, 0.717) is 19.0 Å². The second-order valence-electron chi connectivity index (χ2n) is 7.53. The number of hydrogen-bond acceptors (Lipinski definition) is 3. The molecule has 3 rings (SSSR count). The molecule has 1 amide bonds. The van der Waals surface area contributed by atoms with Crippen LogP contribution < -0.4 is 5.32 Å². The predicted molar refractivity (Wildman–Crippen MR) is 105 cm³/mol. The Balaban J connectivity index is 1.56. The molecule has 0 saturated carbocycles. The highest BCUT2D eigenvalue weighted by molar-refractivity contribution is 5.88. The Morgan fingerprint density at radius 3 is 2.73 bits per heavy atom. The fourth-order valence-electron chi connectivity index (χ4n) is 3.75. The van der Waals surface area contributed by atoms with Crippen LogP contribution in [0, 0.1) is 20.8 Å². The van der Waals surface area contributed by atoms with E-state index >= 15 is 0 Å². The summed E-state index contributed by atoms with van der Waals surface area (Å²) in [6.07, 6.45) is 1.45. The summed E-state index contributed by atoms with van der Waals surface area (Å²) in [6, 6.07) is 4.79. The minimum Gasteiger partial charge on any atom is -0.379 e. The Kier molecular flexibility index (Phi) is 5.99. The average Bonchev–Trinajstić information content (AvgIpc) is 2.93. The maximum absolute atomic E-state index is 12.3. The summed E-state index contributed by atoms with van der Waals surface area (Å²) in [6.45, 7) is 12.7. The summed E-state index contributed by atoms with van der Waals surface area (Å²) in [4.78, 5) is 18.2. The van der Waals surface area contributed by atoms with Gasteiger partial charge in [0.1, 0.15) is 0 Å². The predicted octanol–water partition coefficient (Wildman–Crippen LogP) is 3.21. The number of nitrogens with zero attached hydrogens (tertiary/aromatic N) is 1. The molecule has 2 N–H and O–H groups in total. The van der Waals surface area contributed by atoms with Crippen LogP contribution >= 0.6 is 0 Å². The topological polar surface area (TPSA) is 57.4 Å². The van der Waals surface area contributed by atoms with E-state index in [-0.39, 0.29) is 5.91 Å². The molecule has 1 aromatic carbocycles. The number of rotatable bonds is 6. The van der Waals surface area contributed by atoms with Gasteiger partial charge in [0.2, 0.25) is 5.91 Å². The number of benzene rings is 1. The molecule has 0 aliphatic carbocycles. The van der Waals surface area contributed by atoms with Gasteiger partial charge in [0.05, 0.1) is 18.7 Å². The zero-order valence-electron chi connectivity index (χ0n) is 16.4. The van der Waals surface area contributed by atoms with E-state index in [1.54, 1.807) is 0 Å². The monoisotopic (exact) mass is 357 g/mol. The number of carbonyl (C=O) groups is 1. The Labute approximate surface area is 156 Å². The Morgan fingerprint density at radius 2 is 2.00 bits per heavy atom. The van der Waals surface area contributed by atoms with Gasteiger partial charge in [0.15, 0.2) is 0 Å². The number of aromatic nitrogens is 1. The van der Waals surface area contributed by atoms with Gasteiger partial charge in [-0.15, -0.1) is 0 Å². The van der Waals surface area contributed by atoms with Crippen molar-refractivity contribution >= 4 is 16.8 Å². The number of hydrogen-bond donors (Lipinski definition) is 2. The second-order valence-corrected chi connectivity index (χ2v) is 7.53. The first-order valence-corrected chi connectivity index (χ1v) is 9.62. The molecule has 2 aromatic rings. The Hall–Kier alpha value is -1.85. The lowest BCUT2D eigenvalue weighted by atomic mass is 10.0. The van der Waals surface area contributed by atoms with Gasteiger partial charge in [-0.3, -0.25) is 9.69 Å². The van der Waals surface area contributed by atoms with Gasteiger partial charge in [0.25, 0.3) is 0 Å². The molecule has 1 saturated heterocycles. The third kappa shape index (κ3) is 4.27. The third-order valence-electron chi connectivity index (χ3n) is 5.58. The van der Waals surface area contributed by atoms with Gasteiger partial charge < -0.3 is 15.0 Å². The van der Waals surface area contributed by atoms with E-state index in [2.05, 4.69) is 55.0 Å². The average molecular weight is 357 g/mol. The zero-order chi connectivity index (χ0) is 18.7. The number of aryl methyl sites for hydroxylation is 3. The molecule has 1 atom stereocenters. The summed E-state index contributed by atoms with van der Waals surface area (Å²) < 4.78 is 5.39. The molecular weight excluding hydrogens is 326 g/mol. The van der Waals surface area contributed by atoms with Crippen LogP contribution in [-0.4, -0.2) is 48.1 Å². The van der Waals surface area contributed by atoms with E-state index in [9.17, 15) is 4.79 Å². The van der Waals surface area contributed by atoms with Gasteiger partial charge >= 0.3 is 0 Å². The van der Waals surface area contributed by atoms with Crippen LogP contribution in [0.5, 0.6) is 0 Å². The molecule has 0 bridgehead atoms. The van der Waals surface area contributed by atoms with Crippen molar-refractivity contribution in [3.8, 4) is 0 Å². The molecule has 5 heteroatoms. The SMILES string of the molecule is Cc1cc(CNC(=O)CC[C@@H](C)N2CCOCC2)c2[nH]c(C)c(C)c2c1. The number of fused-ring (bicyclic) bond motifs is 1. The summed E-state index contributed by atoms with van der Waals surface area (Å²) in [5.74, 6) is 0.125. The molecule has 1 aliphatic heterocycles. The molecule has 0 spiro atoms. The van der Waals surface area contributed by atoms with Gasteiger partial charge in [-0.2, -0.15) is 0 Å². The summed E-state index contributed by atoms with van der Waals surface area (Å²) in [5.41, 5.74) is 6.01. The van der Waals surface area contributed by atoms with Crippen LogP contribution in [0.2, 0.25) is 0 Å². The normalized spacial score (nSPS) is 16.8. The fraction of sp³-hybridized carbons (Fsp3) is 0.571. The van der Waals surface area contributed by atoms with Crippen molar-refractivity contribution in [3.63, 3.8) is 0 Å². The van der Waals surface area contributed by atoms with Gasteiger partial charge in [-0.1, -0.05) is 11.6 Å². The van der Waals surface area contributed by atoms with E-state index < -0.39 is 0 Å². The molecule has 5 nitrogen and oxygen atoms in total. The van der Waals surface area contributed by atoms with Crippen molar-refractivity contribution in [1.29, 1.82) is 0 Å². The lowest BCUT2D eigenvalue weighted by Crippen LogP contribution is -2.42. The number of amides is 1. The van der Waals surface area contributed by atoms with Crippen molar-refractivity contribution < 1.29 is 9.53 Å². The number of morpholine rings is 1. The molecule has 26 heavy (non-hydrogen) atoms. The Bertz CT molecular complexity index is 775. The summed E-state index contributed by atoms with van der Waals surface area (Å²) in [7, 11) is 0. The summed E-state index contributed by atoms with van der Waals surface area (Å²) in [5, 5.41) is 4.36. The molecule has 2 heterocycles. The first-order valence-electron chi connectivity index (χ1n) is 9.62. The lowest BCUT2D eigenvalue weighted by molar-refractivity contribution is -0.121. The van der Waals surface area contributed by atoms with E-state index in [0.717, 1.165) is 43.8 Å². The number of H-pyrrole nitrogens is 1. The van der Waals surface area contributed by atoms with Gasteiger partial charge in [-0.05, 0) is 51.3 Å². The minimum atomic E-state index is 0.125. The minimum absolute atomic E-state index is 0.125. The van der Waals surface area contributed by atoms with Crippen LogP contribution in [-0.2, 0) is 16.1 Å². The highest BCUT2D eigenvalue weighted by Gasteiger charge is 2.18. The van der Waals surface area contributed by atoms with Crippen LogP contribution in [0.4, 0.5) is 0 Å². The van der Waals surface area contributed by atoms with E-state index in [1.807, 2.05) is 0 Å². The Morgan fingerprint density at radius 1 is 1.27 bits per heavy atom. The van der Waals surface area contributed by atoms with Crippen molar-refractivity contribution in [1.82, 2.24) is 15.2 Å². The first-order chi connectivity index (χ1) is 12.5. The molecule has 1 aromatic heterocycles. The van der Waals surface area contributed by atoms with Crippen molar-refractivity contribution in [2.24, 2.45) is 0 Å². The second kappa shape index (κ2) is 8.23. The fourth-order valence-corrected chi connectivity index (χ4v) is 3.75. The standard InChI is InChI=1S/C21H31N3O2/c1-14-11-18(21-19(12-14)16(3)17(4)23-21)13-22-20(25)6-5-15(2)24-7-9-26-10-8-24/h11-12,15,23H,5-10,13H2,1-4H3,(H,22,25)/t15-/m1/s1. The van der Waals surface area contributed by atoms with Crippen LogP contribution in [0.3, 0.4) is 0 Å². The molecular formula is C21H31N3O2. The van der Waals surface area contributed by atoms with E-state index in [4.69, 9.17) is 4.74 Å². The van der Waals surface area contributed by atoms with Gasteiger partial charge in [0, 0.05) is 43.2 Å². The maximum Gasteiger partial charge on any atom is 0.220 e. The molecule has 1 aliphatic rings. The van der Waals surface area contributed by atoms with Crippen molar-refractivity contribution in [2.75, 3.05) is 26.3 Å². The number of aromatic amines is 1. The maximum atomic E-state index is 12.3. The van der Waals surface area contributed by atoms with Crippen LogP contribution in [0.1, 0.15) is 42.1 Å². The largest absolute Gasteiger partial charge is 0.379 e. The smallest absolute Gasteiger partial charge is 0.220 e. The molecule has 142 valence electrons. The summed E-state index contributed by atoms with van der Waals surface area (Å²) >= 11 is 0. The highest BCUT2D eigenvalue weighted by atomic mass is 16.5. The van der Waals surface area contributed by atoms with Crippen molar-refractivity contribution in [3.05, 3.63) is 34.5 Å². The highest BCUT2D eigenvalue weighted by Crippen LogP contribution is 2.26. The zero-order valence-corrected chi connectivity index (χ0v) is 16.4. The molecule has 1 fully saturated rings. The number of nitrogens with one attached hydrogen (secondary N) is 2. The quantitative estimate of drug-likeness (QED) is 0.835. The van der Waals surface area contributed by atoms with Crippen molar-refractivity contribution in [2.45, 2.75) is 53.1 Å². The lowest BCUT2D eigenvalue weighted by Gasteiger charge is -2.32. The van der Waals surface area contributed by atoms with Crippen LogP contribution in [0.15, 0.2) is 12.1 Å². The van der Waals surface area contributed by atoms with Gasteiger partial charge in [-0.25, -0.2) is 0 Å². The van der Waals surface area contributed by atoms with Crippen LogP contribution in [0.25, 0.3) is 10.9 Å². The third-order valence-corrected chi connectivity index (χ3v) is 5.58.